The molecule has 0 spiro atoms. The van der Waals surface area contributed by atoms with Gasteiger partial charge in [0.15, 0.2) is 6.10 Å². The van der Waals surface area contributed by atoms with Gasteiger partial charge in [0.1, 0.15) is 13.2 Å². The van der Waals surface area contributed by atoms with Gasteiger partial charge in [-0.3, -0.25) is 14.4 Å². The molecule has 446 valence electrons. The Morgan fingerprint density at radius 2 is 0.456 bits per heavy atom. The molecule has 0 fully saturated rings. The van der Waals surface area contributed by atoms with Crippen LogP contribution in [0, 0.1) is 0 Å². The second-order valence-corrected chi connectivity index (χ2v) is 20.9. The van der Waals surface area contributed by atoms with Crippen LogP contribution in [0.4, 0.5) is 0 Å². The van der Waals surface area contributed by atoms with E-state index in [9.17, 15) is 14.4 Å². The lowest BCUT2D eigenvalue weighted by atomic mass is 10.0. The second kappa shape index (κ2) is 65.8. The fourth-order valence-electron chi connectivity index (χ4n) is 8.59. The first kappa shape index (κ1) is 74.3. The molecule has 0 amide bonds. The number of carbonyl (C=O) groups excluding carboxylic acids is 3. The Kier molecular flexibility index (Phi) is 61.9. The molecule has 6 nitrogen and oxygen atoms in total. The van der Waals surface area contributed by atoms with Gasteiger partial charge in [0, 0.05) is 19.3 Å². The van der Waals surface area contributed by atoms with E-state index in [4.69, 9.17) is 14.2 Å². The molecule has 6 heteroatoms. The standard InChI is InChI=1S/C73H118O6/c1-4-7-10-13-16-19-22-25-27-28-29-30-31-32-33-34-35-36-37-38-39-40-41-42-43-44-46-48-51-54-57-60-63-66-72(75)78-69-70(68-77-71(74)65-62-59-56-53-50-47-24-21-18-15-12-9-6-3)79-73(76)67-64-61-58-55-52-49-45-26-23-20-17-14-11-8-5-2/h7-12,16-21,25-27,29-30,32-33,35-36,45,47,50,70H,4-6,13-15,22-24,28,31,34,37-44,46,48-49,51-69H2,1-3H3/b10-7-,11-8-,12-9-,19-16-,20-17-,21-18-,27-25-,30-29-,33-32-,36-35-,45-26-,50-47-. The topological polar surface area (TPSA) is 78.9 Å². The molecule has 0 aliphatic heterocycles. The average molecular weight is 1090 g/mol. The molecule has 0 rings (SSSR count). The van der Waals surface area contributed by atoms with E-state index < -0.39 is 6.10 Å². The van der Waals surface area contributed by atoms with Gasteiger partial charge in [-0.15, -0.1) is 0 Å². The third-order valence-corrected chi connectivity index (χ3v) is 13.3. The van der Waals surface area contributed by atoms with Gasteiger partial charge in [-0.25, -0.2) is 0 Å². The van der Waals surface area contributed by atoms with Crippen LogP contribution in [0.25, 0.3) is 0 Å². The van der Waals surface area contributed by atoms with Crippen molar-refractivity contribution in [2.75, 3.05) is 13.2 Å². The van der Waals surface area contributed by atoms with Crippen molar-refractivity contribution in [1.82, 2.24) is 0 Å². The summed E-state index contributed by atoms with van der Waals surface area (Å²) in [6.45, 7) is 6.26. The lowest BCUT2D eigenvalue weighted by molar-refractivity contribution is -0.167. The minimum atomic E-state index is -0.804. The zero-order chi connectivity index (χ0) is 57.1. The third kappa shape index (κ3) is 64.0. The van der Waals surface area contributed by atoms with Crippen LogP contribution in [0.2, 0.25) is 0 Å². The SMILES string of the molecule is CC/C=C\C/C=C\C/C=C\C/C=C\C/C=C\C/C=C\CCCCCCCCCCCCCCCCC(=O)OCC(COC(=O)CCCCC/C=C\C/C=C\C/C=C\CC)OC(=O)CCCCCCC/C=C\C/C=C\C/C=C\CC. The van der Waals surface area contributed by atoms with E-state index in [1.807, 2.05) is 0 Å². The predicted octanol–water partition coefficient (Wildman–Crippen LogP) is 22.3. The van der Waals surface area contributed by atoms with Crippen molar-refractivity contribution >= 4 is 17.9 Å². The van der Waals surface area contributed by atoms with Crippen molar-refractivity contribution in [3.05, 3.63) is 146 Å². The smallest absolute Gasteiger partial charge is 0.306 e. The molecule has 1 atom stereocenters. The summed E-state index contributed by atoms with van der Waals surface area (Å²) in [6, 6.07) is 0. The number of unbranched alkanes of at least 4 members (excludes halogenated alkanes) is 22. The van der Waals surface area contributed by atoms with Gasteiger partial charge in [-0.1, -0.05) is 269 Å². The number of allylic oxidation sites excluding steroid dienone is 24. The van der Waals surface area contributed by atoms with Crippen molar-refractivity contribution in [3.8, 4) is 0 Å². The minimum Gasteiger partial charge on any atom is -0.462 e. The maximum atomic E-state index is 12.9. The molecule has 0 saturated heterocycles. The molecule has 0 N–H and O–H groups in total. The van der Waals surface area contributed by atoms with Crippen molar-refractivity contribution in [1.29, 1.82) is 0 Å². The van der Waals surface area contributed by atoms with Gasteiger partial charge >= 0.3 is 17.9 Å². The Morgan fingerprint density at radius 3 is 0.722 bits per heavy atom. The van der Waals surface area contributed by atoms with Crippen LogP contribution < -0.4 is 0 Å². The summed E-state index contributed by atoms with van der Waals surface area (Å²) in [7, 11) is 0. The first-order valence-electron chi connectivity index (χ1n) is 32.3. The average Bonchev–Trinajstić information content (AvgIpc) is 3.45. The lowest BCUT2D eigenvalue weighted by Crippen LogP contribution is -2.30. The fraction of sp³-hybridized carbons (Fsp3) is 0.630. The molecule has 0 aromatic heterocycles. The molecular formula is C73H118O6. The number of rotatable bonds is 57. The second-order valence-electron chi connectivity index (χ2n) is 20.9. The van der Waals surface area contributed by atoms with E-state index in [0.717, 1.165) is 161 Å². The summed E-state index contributed by atoms with van der Waals surface area (Å²) in [5.41, 5.74) is 0. The van der Waals surface area contributed by atoms with Crippen LogP contribution in [0.5, 0.6) is 0 Å². The van der Waals surface area contributed by atoms with Crippen LogP contribution in [0.1, 0.15) is 278 Å². The highest BCUT2D eigenvalue weighted by atomic mass is 16.6. The third-order valence-electron chi connectivity index (χ3n) is 13.3. The number of carbonyl (C=O) groups is 3. The molecule has 0 radical (unpaired) electrons. The largest absolute Gasteiger partial charge is 0.462 e. The van der Waals surface area contributed by atoms with Crippen LogP contribution in [-0.4, -0.2) is 37.2 Å². The van der Waals surface area contributed by atoms with Gasteiger partial charge in [-0.05, 0) is 135 Å². The van der Waals surface area contributed by atoms with Gasteiger partial charge in [-0.2, -0.15) is 0 Å². The lowest BCUT2D eigenvalue weighted by Gasteiger charge is -2.18. The minimum absolute atomic E-state index is 0.0981. The molecule has 0 aromatic rings. The Balaban J connectivity index is 4.23. The van der Waals surface area contributed by atoms with Crippen LogP contribution in [0.3, 0.4) is 0 Å². The molecule has 1 unspecified atom stereocenters. The van der Waals surface area contributed by atoms with E-state index in [-0.39, 0.29) is 31.1 Å². The number of hydrogen-bond donors (Lipinski definition) is 0. The molecular weight excluding hydrogens is 973 g/mol. The van der Waals surface area contributed by atoms with Gasteiger partial charge in [0.2, 0.25) is 0 Å². The van der Waals surface area contributed by atoms with E-state index >= 15 is 0 Å². The Hall–Kier alpha value is -4.71. The van der Waals surface area contributed by atoms with E-state index in [2.05, 4.69) is 167 Å². The summed E-state index contributed by atoms with van der Waals surface area (Å²) < 4.78 is 16.9. The van der Waals surface area contributed by atoms with Gasteiger partial charge in [0.25, 0.3) is 0 Å². The fourth-order valence-corrected chi connectivity index (χ4v) is 8.59. The normalized spacial score (nSPS) is 13.1. The zero-order valence-corrected chi connectivity index (χ0v) is 51.1. The van der Waals surface area contributed by atoms with Crippen molar-refractivity contribution in [3.63, 3.8) is 0 Å². The van der Waals surface area contributed by atoms with Crippen molar-refractivity contribution in [2.24, 2.45) is 0 Å². The zero-order valence-electron chi connectivity index (χ0n) is 51.1. The van der Waals surface area contributed by atoms with Gasteiger partial charge in [0.05, 0.1) is 0 Å². The highest BCUT2D eigenvalue weighted by molar-refractivity contribution is 5.71. The Bertz CT molecular complexity index is 1730. The quantitative estimate of drug-likeness (QED) is 0.0261. The molecule has 0 bridgehead atoms. The van der Waals surface area contributed by atoms with E-state index in [1.165, 1.54) is 77.0 Å². The van der Waals surface area contributed by atoms with E-state index in [0.29, 0.717) is 19.3 Å². The molecule has 0 aliphatic carbocycles. The molecule has 0 aromatic carbocycles. The molecule has 0 aliphatic rings. The van der Waals surface area contributed by atoms with Crippen molar-refractivity contribution in [2.45, 2.75) is 284 Å². The summed E-state index contributed by atoms with van der Waals surface area (Å²) in [6.07, 6.45) is 94.4. The highest BCUT2D eigenvalue weighted by Crippen LogP contribution is 2.16. The summed E-state index contributed by atoms with van der Waals surface area (Å²) in [5, 5.41) is 0. The predicted molar refractivity (Wildman–Crippen MR) is 343 cm³/mol. The first-order chi connectivity index (χ1) is 39.0. The maximum Gasteiger partial charge on any atom is 0.306 e. The van der Waals surface area contributed by atoms with Crippen LogP contribution in [-0.2, 0) is 28.6 Å². The molecule has 79 heavy (non-hydrogen) atoms. The summed E-state index contributed by atoms with van der Waals surface area (Å²) in [5.74, 6) is -0.946. The van der Waals surface area contributed by atoms with E-state index in [1.54, 1.807) is 0 Å². The molecule has 0 heterocycles. The Morgan fingerprint density at radius 1 is 0.253 bits per heavy atom. The summed E-state index contributed by atoms with van der Waals surface area (Å²) in [4.78, 5) is 38.2. The Labute approximate surface area is 487 Å². The number of ether oxygens (including phenoxy) is 3. The highest BCUT2D eigenvalue weighted by Gasteiger charge is 2.19. The van der Waals surface area contributed by atoms with Gasteiger partial charge < -0.3 is 14.2 Å². The van der Waals surface area contributed by atoms with Crippen LogP contribution in [0.15, 0.2) is 146 Å². The van der Waals surface area contributed by atoms with Crippen molar-refractivity contribution < 1.29 is 28.6 Å². The maximum absolute atomic E-state index is 12.9. The first-order valence-corrected chi connectivity index (χ1v) is 32.3. The monoisotopic (exact) mass is 1090 g/mol. The molecule has 0 saturated carbocycles. The number of esters is 3. The summed E-state index contributed by atoms with van der Waals surface area (Å²) >= 11 is 0. The number of hydrogen-bond acceptors (Lipinski definition) is 6. The van der Waals surface area contributed by atoms with Crippen LogP contribution >= 0.6 is 0 Å².